The lowest BCUT2D eigenvalue weighted by atomic mass is 10.1. The summed E-state index contributed by atoms with van der Waals surface area (Å²) < 4.78 is 49.2. The number of aromatic nitrogens is 2. The zero-order valence-corrected chi connectivity index (χ0v) is 14.6. The van der Waals surface area contributed by atoms with Gasteiger partial charge in [-0.2, -0.15) is 13.2 Å². The Morgan fingerprint density at radius 2 is 2.04 bits per heavy atom. The average Bonchev–Trinajstić information content (AvgIpc) is 3.20. The zero-order chi connectivity index (χ0) is 18.0. The molecule has 3 aromatic rings. The molecule has 0 radical (unpaired) electrons. The summed E-state index contributed by atoms with van der Waals surface area (Å²) in [6, 6.07) is 7.57. The molecule has 3 rings (SSSR count). The standard InChI is InChI=1S/C15H8BrF3N2O3S/c16-11-5-4-10(25-11)13-21-20-12(24-13)7-23-14(22)8-2-1-3-9(6-8)15(17,18)19/h1-6H,7H2. The van der Waals surface area contributed by atoms with Crippen LogP contribution in [0.25, 0.3) is 10.8 Å². The third-order valence-corrected chi connectivity index (χ3v) is 4.61. The number of benzene rings is 1. The third-order valence-electron chi connectivity index (χ3n) is 3.00. The summed E-state index contributed by atoms with van der Waals surface area (Å²) >= 11 is 4.70. The Hall–Kier alpha value is -2.20. The monoisotopic (exact) mass is 432 g/mol. The second kappa shape index (κ2) is 6.96. The van der Waals surface area contributed by atoms with Crippen LogP contribution in [0, 0.1) is 0 Å². The number of hydrogen-bond acceptors (Lipinski definition) is 6. The molecule has 0 aliphatic rings. The van der Waals surface area contributed by atoms with E-state index >= 15 is 0 Å². The van der Waals surface area contributed by atoms with Crippen LogP contribution in [-0.4, -0.2) is 16.2 Å². The zero-order valence-electron chi connectivity index (χ0n) is 12.2. The van der Waals surface area contributed by atoms with E-state index in [1.54, 1.807) is 6.07 Å². The number of alkyl halides is 3. The number of esters is 1. The van der Waals surface area contributed by atoms with Gasteiger partial charge in [-0.1, -0.05) is 6.07 Å². The molecule has 10 heteroatoms. The first-order chi connectivity index (χ1) is 11.8. The number of carbonyl (C=O) groups excluding carboxylic acids is 1. The Labute approximate surface area is 151 Å². The van der Waals surface area contributed by atoms with Gasteiger partial charge in [0, 0.05) is 0 Å². The van der Waals surface area contributed by atoms with Crippen LogP contribution in [0.2, 0.25) is 0 Å². The van der Waals surface area contributed by atoms with Gasteiger partial charge in [0.2, 0.25) is 0 Å². The predicted molar refractivity (Wildman–Crippen MR) is 85.9 cm³/mol. The maximum Gasteiger partial charge on any atom is 0.416 e. The van der Waals surface area contributed by atoms with Crippen molar-refractivity contribution in [1.29, 1.82) is 0 Å². The van der Waals surface area contributed by atoms with Crippen molar-refractivity contribution in [3.05, 3.63) is 57.2 Å². The minimum absolute atomic E-state index is 0.0415. The minimum atomic E-state index is -4.54. The maximum atomic E-state index is 12.7. The Balaban J connectivity index is 1.66. The number of thiophene rings is 1. The summed E-state index contributed by atoms with van der Waals surface area (Å²) in [6.45, 7) is -0.339. The van der Waals surface area contributed by atoms with Gasteiger partial charge in [-0.3, -0.25) is 0 Å². The normalized spacial score (nSPS) is 11.5. The Morgan fingerprint density at radius 1 is 1.24 bits per heavy atom. The van der Waals surface area contributed by atoms with Crippen molar-refractivity contribution in [1.82, 2.24) is 10.2 Å². The van der Waals surface area contributed by atoms with Crippen molar-refractivity contribution in [2.24, 2.45) is 0 Å². The first-order valence-electron chi connectivity index (χ1n) is 6.75. The predicted octanol–water partition coefficient (Wildman–Crippen LogP) is 4.94. The maximum absolute atomic E-state index is 12.7. The highest BCUT2D eigenvalue weighted by Gasteiger charge is 2.31. The molecule has 130 valence electrons. The van der Waals surface area contributed by atoms with Gasteiger partial charge in [0.1, 0.15) is 0 Å². The van der Waals surface area contributed by atoms with Crippen molar-refractivity contribution in [2.45, 2.75) is 12.8 Å². The quantitative estimate of drug-likeness (QED) is 0.546. The number of halogens is 4. The Bertz CT molecular complexity index is 907. The highest BCUT2D eigenvalue weighted by atomic mass is 79.9. The molecule has 0 amide bonds. The Kier molecular flexibility index (Phi) is 4.91. The lowest BCUT2D eigenvalue weighted by molar-refractivity contribution is -0.137. The largest absolute Gasteiger partial charge is 0.452 e. The second-order valence-electron chi connectivity index (χ2n) is 4.76. The summed E-state index contributed by atoms with van der Waals surface area (Å²) in [7, 11) is 0. The van der Waals surface area contributed by atoms with Gasteiger partial charge in [0.15, 0.2) is 6.61 Å². The summed E-state index contributed by atoms with van der Waals surface area (Å²) in [6.07, 6.45) is -4.54. The molecule has 25 heavy (non-hydrogen) atoms. The fourth-order valence-corrected chi connectivity index (χ4v) is 3.18. The van der Waals surface area contributed by atoms with E-state index in [-0.39, 0.29) is 24.0 Å². The molecule has 0 spiro atoms. The van der Waals surface area contributed by atoms with Crippen LogP contribution in [-0.2, 0) is 17.5 Å². The van der Waals surface area contributed by atoms with Crippen LogP contribution >= 0.6 is 27.3 Å². The first kappa shape index (κ1) is 17.6. The van der Waals surface area contributed by atoms with Crippen molar-refractivity contribution < 1.29 is 27.1 Å². The van der Waals surface area contributed by atoms with Crippen molar-refractivity contribution in [3.8, 4) is 10.8 Å². The van der Waals surface area contributed by atoms with Crippen molar-refractivity contribution in [2.75, 3.05) is 0 Å². The van der Waals surface area contributed by atoms with Crippen LogP contribution in [0.3, 0.4) is 0 Å². The lowest BCUT2D eigenvalue weighted by Crippen LogP contribution is -2.09. The molecule has 0 saturated carbocycles. The van der Waals surface area contributed by atoms with Gasteiger partial charge in [-0.05, 0) is 46.3 Å². The molecular formula is C15H8BrF3N2O3S. The van der Waals surface area contributed by atoms with Crippen LogP contribution in [0.4, 0.5) is 13.2 Å². The van der Waals surface area contributed by atoms with Gasteiger partial charge < -0.3 is 9.15 Å². The molecule has 0 saturated heterocycles. The van der Waals surface area contributed by atoms with E-state index in [4.69, 9.17) is 9.15 Å². The van der Waals surface area contributed by atoms with E-state index in [0.717, 1.165) is 26.9 Å². The number of rotatable bonds is 4. The van der Waals surface area contributed by atoms with Gasteiger partial charge in [0.25, 0.3) is 11.8 Å². The first-order valence-corrected chi connectivity index (χ1v) is 8.36. The molecular weight excluding hydrogens is 425 g/mol. The number of carbonyl (C=O) groups is 1. The number of nitrogens with zero attached hydrogens (tertiary/aromatic N) is 2. The number of ether oxygens (including phenoxy) is 1. The second-order valence-corrected chi connectivity index (χ2v) is 7.22. The van der Waals surface area contributed by atoms with E-state index in [1.165, 1.54) is 17.4 Å². The molecule has 0 atom stereocenters. The highest BCUT2D eigenvalue weighted by Crippen LogP contribution is 2.31. The fraction of sp³-hybridized carbons (Fsp3) is 0.133. The molecule has 0 aliphatic carbocycles. The molecule has 2 aromatic heterocycles. The SMILES string of the molecule is O=C(OCc1nnc(-c2ccc(Br)s2)o1)c1cccc(C(F)(F)F)c1. The summed E-state index contributed by atoms with van der Waals surface area (Å²) in [5.74, 6) is -0.606. The van der Waals surface area contributed by atoms with E-state index < -0.39 is 17.7 Å². The van der Waals surface area contributed by atoms with E-state index in [1.807, 2.05) is 6.07 Å². The number of hydrogen-bond donors (Lipinski definition) is 0. The molecule has 0 N–H and O–H groups in total. The van der Waals surface area contributed by atoms with E-state index in [2.05, 4.69) is 26.1 Å². The van der Waals surface area contributed by atoms with Crippen LogP contribution in [0.15, 0.2) is 44.6 Å². The summed E-state index contributed by atoms with van der Waals surface area (Å²) in [5.41, 5.74) is -1.14. The minimum Gasteiger partial charge on any atom is -0.452 e. The van der Waals surface area contributed by atoms with Crippen LogP contribution < -0.4 is 0 Å². The smallest absolute Gasteiger partial charge is 0.416 e. The summed E-state index contributed by atoms with van der Waals surface area (Å²) in [4.78, 5) is 12.6. The highest BCUT2D eigenvalue weighted by molar-refractivity contribution is 9.11. The molecule has 5 nitrogen and oxygen atoms in total. The summed E-state index contributed by atoms with van der Waals surface area (Å²) in [5, 5.41) is 7.57. The molecule has 1 aromatic carbocycles. The van der Waals surface area contributed by atoms with Gasteiger partial charge in [-0.15, -0.1) is 21.5 Å². The average molecular weight is 433 g/mol. The van der Waals surface area contributed by atoms with E-state index in [0.29, 0.717) is 0 Å². The molecule has 0 unspecified atom stereocenters. The van der Waals surface area contributed by atoms with Gasteiger partial charge >= 0.3 is 12.1 Å². The Morgan fingerprint density at radius 3 is 2.72 bits per heavy atom. The van der Waals surface area contributed by atoms with Crippen LogP contribution in [0.5, 0.6) is 0 Å². The lowest BCUT2D eigenvalue weighted by Gasteiger charge is -2.08. The molecule has 2 heterocycles. The van der Waals surface area contributed by atoms with Crippen LogP contribution in [0.1, 0.15) is 21.8 Å². The topological polar surface area (TPSA) is 65.2 Å². The van der Waals surface area contributed by atoms with Crippen molar-refractivity contribution >= 4 is 33.2 Å². The third kappa shape index (κ3) is 4.26. The molecule has 0 aliphatic heterocycles. The van der Waals surface area contributed by atoms with E-state index in [9.17, 15) is 18.0 Å². The molecule has 0 bridgehead atoms. The molecule has 0 fully saturated rings. The van der Waals surface area contributed by atoms with Gasteiger partial charge in [-0.25, -0.2) is 4.79 Å². The van der Waals surface area contributed by atoms with Crippen molar-refractivity contribution in [3.63, 3.8) is 0 Å². The fourth-order valence-electron chi connectivity index (χ4n) is 1.87. The van der Waals surface area contributed by atoms with Gasteiger partial charge in [0.05, 0.1) is 19.8 Å².